The Bertz CT molecular complexity index is 407. The molecule has 0 heterocycles. The van der Waals surface area contributed by atoms with Crippen LogP contribution in [0.4, 0.5) is 0 Å². The van der Waals surface area contributed by atoms with E-state index >= 15 is 0 Å². The average Bonchev–Trinajstić information content (AvgIpc) is 2.31. The summed E-state index contributed by atoms with van der Waals surface area (Å²) < 4.78 is 5.84. The first-order valence-electron chi connectivity index (χ1n) is 5.70. The van der Waals surface area contributed by atoms with Crippen LogP contribution >= 0.6 is 0 Å². The second-order valence-electron chi connectivity index (χ2n) is 4.07. The Balaban J connectivity index is 2.17. The number of ether oxygens (including phenoxy) is 1. The zero-order chi connectivity index (χ0) is 11.4. The van der Waals surface area contributed by atoms with Gasteiger partial charge in [-0.15, -0.1) is 0 Å². The van der Waals surface area contributed by atoms with Crippen LogP contribution in [0.2, 0.25) is 0 Å². The van der Waals surface area contributed by atoms with Crippen molar-refractivity contribution in [1.29, 1.82) is 0 Å². The van der Waals surface area contributed by atoms with E-state index in [0.29, 0.717) is 11.3 Å². The van der Waals surface area contributed by atoms with Gasteiger partial charge >= 0.3 is 0 Å². The van der Waals surface area contributed by atoms with E-state index in [0.717, 1.165) is 19.3 Å². The smallest absolute Gasteiger partial charge is 0.163 e. The SMILES string of the molecule is CC(=O)c1ccccc1OC1C=CCCC1. The summed E-state index contributed by atoms with van der Waals surface area (Å²) in [6.07, 6.45) is 7.67. The second-order valence-corrected chi connectivity index (χ2v) is 4.07. The third-order valence-corrected chi connectivity index (χ3v) is 2.75. The van der Waals surface area contributed by atoms with Crippen LogP contribution < -0.4 is 4.74 Å². The van der Waals surface area contributed by atoms with Crippen molar-refractivity contribution >= 4 is 5.78 Å². The van der Waals surface area contributed by atoms with Crippen molar-refractivity contribution < 1.29 is 9.53 Å². The molecule has 84 valence electrons. The molecule has 2 nitrogen and oxygen atoms in total. The van der Waals surface area contributed by atoms with Gasteiger partial charge in [-0.2, -0.15) is 0 Å². The average molecular weight is 216 g/mol. The van der Waals surface area contributed by atoms with E-state index < -0.39 is 0 Å². The van der Waals surface area contributed by atoms with Crippen LogP contribution in [0, 0.1) is 0 Å². The highest BCUT2D eigenvalue weighted by Gasteiger charge is 2.13. The van der Waals surface area contributed by atoms with E-state index in [1.54, 1.807) is 6.92 Å². The van der Waals surface area contributed by atoms with E-state index in [9.17, 15) is 4.79 Å². The van der Waals surface area contributed by atoms with E-state index in [4.69, 9.17) is 4.74 Å². The Morgan fingerprint density at radius 2 is 2.19 bits per heavy atom. The highest BCUT2D eigenvalue weighted by molar-refractivity contribution is 5.96. The molecular weight excluding hydrogens is 200 g/mol. The minimum absolute atomic E-state index is 0.0513. The number of hydrogen-bond donors (Lipinski definition) is 0. The number of para-hydroxylation sites is 1. The van der Waals surface area contributed by atoms with Crippen molar-refractivity contribution in [2.45, 2.75) is 32.3 Å². The number of rotatable bonds is 3. The molecule has 2 heteroatoms. The van der Waals surface area contributed by atoms with E-state index in [1.807, 2.05) is 24.3 Å². The monoisotopic (exact) mass is 216 g/mol. The molecule has 2 rings (SSSR count). The van der Waals surface area contributed by atoms with Gasteiger partial charge in [-0.25, -0.2) is 0 Å². The first-order chi connectivity index (χ1) is 7.77. The lowest BCUT2D eigenvalue weighted by molar-refractivity contribution is 0.101. The predicted octanol–water partition coefficient (Wildman–Crippen LogP) is 3.38. The topological polar surface area (TPSA) is 26.3 Å². The van der Waals surface area contributed by atoms with Gasteiger partial charge in [-0.3, -0.25) is 4.79 Å². The largest absolute Gasteiger partial charge is 0.486 e. The summed E-state index contributed by atoms with van der Waals surface area (Å²) >= 11 is 0. The standard InChI is InChI=1S/C14H16O2/c1-11(15)13-9-5-6-10-14(13)16-12-7-3-2-4-8-12/h3,5-7,9-10,12H,2,4,8H2,1H3. The summed E-state index contributed by atoms with van der Waals surface area (Å²) in [6.45, 7) is 1.57. The van der Waals surface area contributed by atoms with Crippen molar-refractivity contribution in [1.82, 2.24) is 0 Å². The Morgan fingerprint density at radius 3 is 2.88 bits per heavy atom. The zero-order valence-electron chi connectivity index (χ0n) is 9.48. The maximum atomic E-state index is 11.4. The van der Waals surface area contributed by atoms with Crippen LogP contribution in [0.3, 0.4) is 0 Å². The van der Waals surface area contributed by atoms with Gasteiger partial charge in [0.1, 0.15) is 11.9 Å². The Morgan fingerprint density at radius 1 is 1.38 bits per heavy atom. The fraction of sp³-hybridized carbons (Fsp3) is 0.357. The number of carbonyl (C=O) groups is 1. The lowest BCUT2D eigenvalue weighted by Crippen LogP contribution is -2.17. The van der Waals surface area contributed by atoms with Crippen LogP contribution in [-0.4, -0.2) is 11.9 Å². The minimum atomic E-state index is 0.0513. The van der Waals surface area contributed by atoms with Gasteiger partial charge in [0.2, 0.25) is 0 Å². The first kappa shape index (κ1) is 10.9. The third kappa shape index (κ3) is 2.51. The molecule has 0 spiro atoms. The molecule has 1 atom stereocenters. The Kier molecular flexibility index (Phi) is 3.40. The van der Waals surface area contributed by atoms with Gasteiger partial charge in [0.25, 0.3) is 0 Å². The molecule has 0 aromatic heterocycles. The summed E-state index contributed by atoms with van der Waals surface area (Å²) in [5.41, 5.74) is 0.668. The number of benzene rings is 1. The summed E-state index contributed by atoms with van der Waals surface area (Å²) in [7, 11) is 0. The van der Waals surface area contributed by atoms with Gasteiger partial charge in [-0.05, 0) is 44.4 Å². The van der Waals surface area contributed by atoms with Crippen LogP contribution in [0.5, 0.6) is 5.75 Å². The predicted molar refractivity (Wildman–Crippen MR) is 63.9 cm³/mol. The van der Waals surface area contributed by atoms with E-state index in [2.05, 4.69) is 12.2 Å². The Labute approximate surface area is 95.9 Å². The molecule has 1 unspecified atom stereocenters. The number of hydrogen-bond acceptors (Lipinski definition) is 2. The molecule has 16 heavy (non-hydrogen) atoms. The normalized spacial score (nSPS) is 19.4. The molecular formula is C14H16O2. The number of carbonyl (C=O) groups excluding carboxylic acids is 1. The molecule has 0 saturated heterocycles. The highest BCUT2D eigenvalue weighted by Crippen LogP contribution is 2.23. The van der Waals surface area contributed by atoms with E-state index in [-0.39, 0.29) is 11.9 Å². The van der Waals surface area contributed by atoms with Crippen molar-refractivity contribution in [2.24, 2.45) is 0 Å². The molecule has 1 aromatic carbocycles. The quantitative estimate of drug-likeness (QED) is 0.572. The minimum Gasteiger partial charge on any atom is -0.486 e. The zero-order valence-corrected chi connectivity index (χ0v) is 9.48. The molecule has 0 saturated carbocycles. The molecule has 0 amide bonds. The summed E-state index contributed by atoms with van der Waals surface area (Å²) in [5.74, 6) is 0.752. The second kappa shape index (κ2) is 4.97. The van der Waals surface area contributed by atoms with Crippen LogP contribution in [-0.2, 0) is 0 Å². The summed E-state index contributed by atoms with van der Waals surface area (Å²) in [4.78, 5) is 11.4. The molecule has 0 N–H and O–H groups in total. The molecule has 0 bridgehead atoms. The number of ketones is 1. The fourth-order valence-electron chi connectivity index (χ4n) is 1.90. The molecule has 1 aromatic rings. The molecule has 1 aliphatic carbocycles. The maximum absolute atomic E-state index is 11.4. The summed E-state index contributed by atoms with van der Waals surface area (Å²) in [5, 5.41) is 0. The van der Waals surface area contributed by atoms with Gasteiger partial charge < -0.3 is 4.74 Å². The lowest BCUT2D eigenvalue weighted by Gasteiger charge is -2.19. The van der Waals surface area contributed by atoms with Crippen LogP contribution in [0.1, 0.15) is 36.5 Å². The molecule has 0 radical (unpaired) electrons. The third-order valence-electron chi connectivity index (χ3n) is 2.75. The van der Waals surface area contributed by atoms with Gasteiger partial charge in [0.15, 0.2) is 5.78 Å². The highest BCUT2D eigenvalue weighted by atomic mass is 16.5. The van der Waals surface area contributed by atoms with Crippen LogP contribution in [0.15, 0.2) is 36.4 Å². The number of allylic oxidation sites excluding steroid dienone is 1. The van der Waals surface area contributed by atoms with Gasteiger partial charge in [0.05, 0.1) is 5.56 Å². The lowest BCUT2D eigenvalue weighted by atomic mass is 10.0. The molecule has 0 fully saturated rings. The number of Topliss-reactive ketones (excluding diaryl/α,β-unsaturated/α-hetero) is 1. The first-order valence-corrected chi connectivity index (χ1v) is 5.70. The van der Waals surface area contributed by atoms with Crippen molar-refractivity contribution in [3.05, 3.63) is 42.0 Å². The van der Waals surface area contributed by atoms with E-state index in [1.165, 1.54) is 0 Å². The van der Waals surface area contributed by atoms with Crippen molar-refractivity contribution in [3.8, 4) is 5.75 Å². The van der Waals surface area contributed by atoms with Gasteiger partial charge in [-0.1, -0.05) is 18.2 Å². The Hall–Kier alpha value is -1.57. The maximum Gasteiger partial charge on any atom is 0.163 e. The van der Waals surface area contributed by atoms with Crippen molar-refractivity contribution in [3.63, 3.8) is 0 Å². The molecule has 1 aliphatic rings. The fourth-order valence-corrected chi connectivity index (χ4v) is 1.90. The van der Waals surface area contributed by atoms with Crippen LogP contribution in [0.25, 0.3) is 0 Å². The molecule has 0 aliphatic heterocycles. The summed E-state index contributed by atoms with van der Waals surface area (Å²) in [6, 6.07) is 7.43. The van der Waals surface area contributed by atoms with Gasteiger partial charge in [0, 0.05) is 0 Å². The van der Waals surface area contributed by atoms with Crippen molar-refractivity contribution in [2.75, 3.05) is 0 Å².